The van der Waals surface area contributed by atoms with E-state index in [0.29, 0.717) is 16.9 Å². The molecule has 4 nitrogen and oxygen atoms in total. The standard InChI is InChI=1S/C14H17N3OS/c1-10(7-8-18)19-13-9-12(15)16-14(17-13)11-5-3-2-4-6-11/h2-6,9-10,18H,7-8H2,1H3,(H2,15,16,17). The van der Waals surface area contributed by atoms with Gasteiger partial charge in [0.05, 0.1) is 0 Å². The predicted octanol–water partition coefficient (Wildman–Crippen LogP) is 2.59. The highest BCUT2D eigenvalue weighted by atomic mass is 32.2. The molecule has 0 amide bonds. The van der Waals surface area contributed by atoms with E-state index in [1.807, 2.05) is 30.3 Å². The summed E-state index contributed by atoms with van der Waals surface area (Å²) in [6.45, 7) is 2.24. The van der Waals surface area contributed by atoms with Crippen LogP contribution in [0.4, 0.5) is 5.82 Å². The number of aromatic nitrogens is 2. The maximum absolute atomic E-state index is 8.93. The van der Waals surface area contributed by atoms with Crippen LogP contribution in [0.3, 0.4) is 0 Å². The fourth-order valence-corrected chi connectivity index (χ4v) is 2.63. The van der Waals surface area contributed by atoms with Gasteiger partial charge in [0.25, 0.3) is 0 Å². The molecule has 0 bridgehead atoms. The minimum atomic E-state index is 0.181. The zero-order valence-electron chi connectivity index (χ0n) is 10.8. The Balaban J connectivity index is 2.25. The van der Waals surface area contributed by atoms with Crippen molar-refractivity contribution >= 4 is 17.6 Å². The first kappa shape index (κ1) is 13.8. The Bertz CT molecular complexity index is 533. The van der Waals surface area contributed by atoms with Crippen molar-refractivity contribution in [2.45, 2.75) is 23.6 Å². The van der Waals surface area contributed by atoms with Crippen LogP contribution in [-0.2, 0) is 0 Å². The number of nitrogens with zero attached hydrogens (tertiary/aromatic N) is 2. The van der Waals surface area contributed by atoms with E-state index in [4.69, 9.17) is 10.8 Å². The average molecular weight is 275 g/mol. The fourth-order valence-electron chi connectivity index (χ4n) is 1.67. The molecular formula is C14H17N3OS. The predicted molar refractivity (Wildman–Crippen MR) is 78.9 cm³/mol. The summed E-state index contributed by atoms with van der Waals surface area (Å²) in [4.78, 5) is 8.78. The molecule has 100 valence electrons. The van der Waals surface area contributed by atoms with Crippen molar-refractivity contribution in [1.29, 1.82) is 0 Å². The highest BCUT2D eigenvalue weighted by molar-refractivity contribution is 7.99. The summed E-state index contributed by atoms with van der Waals surface area (Å²) in [5, 5.41) is 10.1. The summed E-state index contributed by atoms with van der Waals surface area (Å²) >= 11 is 1.60. The zero-order chi connectivity index (χ0) is 13.7. The highest BCUT2D eigenvalue weighted by Gasteiger charge is 2.09. The smallest absolute Gasteiger partial charge is 0.162 e. The van der Waals surface area contributed by atoms with Crippen molar-refractivity contribution in [3.05, 3.63) is 36.4 Å². The van der Waals surface area contributed by atoms with Crippen LogP contribution in [0.1, 0.15) is 13.3 Å². The summed E-state index contributed by atoms with van der Waals surface area (Å²) < 4.78 is 0. The van der Waals surface area contributed by atoms with Gasteiger partial charge in [0.1, 0.15) is 10.8 Å². The molecule has 1 unspecified atom stereocenters. The van der Waals surface area contributed by atoms with Gasteiger partial charge in [-0.2, -0.15) is 0 Å². The lowest BCUT2D eigenvalue weighted by Crippen LogP contribution is -2.02. The van der Waals surface area contributed by atoms with E-state index in [-0.39, 0.29) is 6.61 Å². The SMILES string of the molecule is CC(CCO)Sc1cc(N)nc(-c2ccccc2)n1. The maximum Gasteiger partial charge on any atom is 0.162 e. The summed E-state index contributed by atoms with van der Waals surface area (Å²) in [5.41, 5.74) is 6.78. The van der Waals surface area contributed by atoms with Gasteiger partial charge in [-0.3, -0.25) is 0 Å². The van der Waals surface area contributed by atoms with Crippen molar-refractivity contribution in [2.24, 2.45) is 0 Å². The molecule has 2 rings (SSSR count). The second kappa shape index (κ2) is 6.54. The van der Waals surface area contributed by atoms with Crippen LogP contribution in [0.2, 0.25) is 0 Å². The molecule has 0 aliphatic heterocycles. The Morgan fingerprint density at radius 1 is 1.26 bits per heavy atom. The number of hydrogen-bond acceptors (Lipinski definition) is 5. The minimum absolute atomic E-state index is 0.181. The summed E-state index contributed by atoms with van der Waals surface area (Å²) in [6, 6.07) is 11.5. The van der Waals surface area contributed by atoms with E-state index < -0.39 is 0 Å². The summed E-state index contributed by atoms with van der Waals surface area (Å²) in [7, 11) is 0. The average Bonchev–Trinajstić information content (AvgIpc) is 2.39. The van der Waals surface area contributed by atoms with Gasteiger partial charge in [0.15, 0.2) is 5.82 Å². The first-order chi connectivity index (χ1) is 9.19. The molecular weight excluding hydrogens is 258 g/mol. The van der Waals surface area contributed by atoms with E-state index >= 15 is 0 Å². The second-order valence-corrected chi connectivity index (χ2v) is 5.72. The Kier molecular flexibility index (Phi) is 4.76. The molecule has 0 saturated heterocycles. The summed E-state index contributed by atoms with van der Waals surface area (Å²) in [6.07, 6.45) is 0.731. The first-order valence-electron chi connectivity index (χ1n) is 6.16. The number of aliphatic hydroxyl groups excluding tert-OH is 1. The van der Waals surface area contributed by atoms with Gasteiger partial charge in [0.2, 0.25) is 0 Å². The Labute approximate surface area is 117 Å². The quantitative estimate of drug-likeness (QED) is 0.648. The Morgan fingerprint density at radius 2 is 2.00 bits per heavy atom. The topological polar surface area (TPSA) is 72.0 Å². The summed E-state index contributed by atoms with van der Waals surface area (Å²) in [5.74, 6) is 1.10. The van der Waals surface area contributed by atoms with Crippen LogP contribution in [0.15, 0.2) is 41.4 Å². The van der Waals surface area contributed by atoms with Gasteiger partial charge in [-0.15, -0.1) is 11.8 Å². The second-order valence-electron chi connectivity index (χ2n) is 4.26. The van der Waals surface area contributed by atoms with Gasteiger partial charge in [-0.25, -0.2) is 9.97 Å². The van der Waals surface area contributed by atoms with Crippen LogP contribution in [0.25, 0.3) is 11.4 Å². The molecule has 0 spiro atoms. The third-order valence-corrected chi connectivity index (χ3v) is 3.70. The van der Waals surface area contributed by atoms with Crippen LogP contribution < -0.4 is 5.73 Å². The van der Waals surface area contributed by atoms with Crippen molar-refractivity contribution in [3.8, 4) is 11.4 Å². The van der Waals surface area contributed by atoms with Gasteiger partial charge in [-0.1, -0.05) is 37.3 Å². The van der Waals surface area contributed by atoms with Crippen molar-refractivity contribution in [1.82, 2.24) is 9.97 Å². The number of anilines is 1. The fraction of sp³-hybridized carbons (Fsp3) is 0.286. The van der Waals surface area contributed by atoms with E-state index in [0.717, 1.165) is 17.0 Å². The Hall–Kier alpha value is -1.59. The minimum Gasteiger partial charge on any atom is -0.396 e. The molecule has 0 saturated carbocycles. The van der Waals surface area contributed by atoms with E-state index in [1.165, 1.54) is 0 Å². The zero-order valence-corrected chi connectivity index (χ0v) is 11.6. The third kappa shape index (κ3) is 3.94. The van der Waals surface area contributed by atoms with Gasteiger partial charge in [-0.05, 0) is 6.42 Å². The molecule has 1 aromatic heterocycles. The molecule has 0 radical (unpaired) electrons. The van der Waals surface area contributed by atoms with Crippen molar-refractivity contribution < 1.29 is 5.11 Å². The molecule has 0 fully saturated rings. The number of aliphatic hydroxyl groups is 1. The lowest BCUT2D eigenvalue weighted by Gasteiger charge is -2.10. The third-order valence-electron chi connectivity index (χ3n) is 2.61. The largest absolute Gasteiger partial charge is 0.396 e. The van der Waals surface area contributed by atoms with E-state index in [2.05, 4.69) is 16.9 Å². The first-order valence-corrected chi connectivity index (χ1v) is 7.04. The molecule has 5 heteroatoms. The highest BCUT2D eigenvalue weighted by Crippen LogP contribution is 2.26. The van der Waals surface area contributed by atoms with Crippen LogP contribution in [0, 0.1) is 0 Å². The van der Waals surface area contributed by atoms with E-state index in [1.54, 1.807) is 17.8 Å². The van der Waals surface area contributed by atoms with Gasteiger partial charge in [0, 0.05) is 23.5 Å². The Morgan fingerprint density at radius 3 is 2.68 bits per heavy atom. The lowest BCUT2D eigenvalue weighted by molar-refractivity contribution is 0.289. The number of rotatable bonds is 5. The number of benzene rings is 1. The van der Waals surface area contributed by atoms with Crippen LogP contribution in [-0.4, -0.2) is 26.9 Å². The molecule has 1 aromatic carbocycles. The van der Waals surface area contributed by atoms with Crippen molar-refractivity contribution in [3.63, 3.8) is 0 Å². The van der Waals surface area contributed by atoms with Crippen LogP contribution in [0.5, 0.6) is 0 Å². The van der Waals surface area contributed by atoms with Gasteiger partial charge < -0.3 is 10.8 Å². The van der Waals surface area contributed by atoms with Crippen LogP contribution >= 0.6 is 11.8 Å². The number of hydrogen-bond donors (Lipinski definition) is 2. The molecule has 0 aliphatic carbocycles. The molecule has 19 heavy (non-hydrogen) atoms. The number of nitrogens with two attached hydrogens (primary N) is 1. The van der Waals surface area contributed by atoms with E-state index in [9.17, 15) is 0 Å². The molecule has 2 aromatic rings. The molecule has 1 heterocycles. The molecule has 1 atom stereocenters. The maximum atomic E-state index is 8.93. The van der Waals surface area contributed by atoms with Crippen molar-refractivity contribution in [2.75, 3.05) is 12.3 Å². The number of thioether (sulfide) groups is 1. The van der Waals surface area contributed by atoms with Gasteiger partial charge >= 0.3 is 0 Å². The number of nitrogen functional groups attached to an aromatic ring is 1. The normalized spacial score (nSPS) is 12.3. The monoisotopic (exact) mass is 275 g/mol. The molecule has 3 N–H and O–H groups in total. The lowest BCUT2D eigenvalue weighted by atomic mass is 10.2. The molecule has 0 aliphatic rings.